The van der Waals surface area contributed by atoms with Crippen LogP contribution in [-0.2, 0) is 13.1 Å². The van der Waals surface area contributed by atoms with Crippen LogP contribution < -0.4 is 5.32 Å². The molecule has 1 aromatic heterocycles. The highest BCUT2D eigenvalue weighted by atomic mass is 32.1. The predicted molar refractivity (Wildman–Crippen MR) is 79.9 cm³/mol. The van der Waals surface area contributed by atoms with E-state index in [0.717, 1.165) is 19.6 Å². The Kier molecular flexibility index (Phi) is 4.60. The van der Waals surface area contributed by atoms with E-state index in [0.29, 0.717) is 0 Å². The third kappa shape index (κ3) is 4.56. The van der Waals surface area contributed by atoms with Gasteiger partial charge in [0, 0.05) is 41.5 Å². The minimum absolute atomic E-state index is 0.196. The molecule has 0 saturated carbocycles. The molecule has 1 aromatic rings. The second-order valence-corrected chi connectivity index (χ2v) is 7.22. The van der Waals surface area contributed by atoms with Gasteiger partial charge in [-0.3, -0.25) is 4.90 Å². The molecule has 2 nitrogen and oxygen atoms in total. The van der Waals surface area contributed by atoms with Crippen molar-refractivity contribution in [2.75, 3.05) is 13.1 Å². The quantitative estimate of drug-likeness (QED) is 0.839. The van der Waals surface area contributed by atoms with Crippen molar-refractivity contribution in [3.8, 4) is 0 Å². The maximum absolute atomic E-state index is 3.54. The Morgan fingerprint density at radius 3 is 2.67 bits per heavy atom. The Bertz CT molecular complexity index is 401. The normalized spacial score (nSPS) is 17.3. The molecule has 1 N–H and O–H groups in total. The van der Waals surface area contributed by atoms with Crippen LogP contribution in [-0.4, -0.2) is 23.5 Å². The molecule has 2 rings (SSSR count). The van der Waals surface area contributed by atoms with Gasteiger partial charge in [0.05, 0.1) is 0 Å². The van der Waals surface area contributed by atoms with E-state index < -0.39 is 0 Å². The summed E-state index contributed by atoms with van der Waals surface area (Å²) in [7, 11) is 0. The molecule has 18 heavy (non-hydrogen) atoms. The highest BCUT2D eigenvalue weighted by Crippen LogP contribution is 2.19. The first-order valence-electron chi connectivity index (χ1n) is 6.73. The fourth-order valence-corrected chi connectivity index (χ4v) is 3.01. The van der Waals surface area contributed by atoms with Crippen molar-refractivity contribution in [3.63, 3.8) is 0 Å². The molecule has 0 aliphatic carbocycles. The van der Waals surface area contributed by atoms with E-state index in [2.05, 4.69) is 55.3 Å². The van der Waals surface area contributed by atoms with Gasteiger partial charge in [0.25, 0.3) is 0 Å². The molecule has 0 amide bonds. The molecule has 0 atom stereocenters. The van der Waals surface area contributed by atoms with Crippen LogP contribution in [0.5, 0.6) is 0 Å². The largest absolute Gasteiger partial charge is 0.307 e. The molecule has 1 aliphatic heterocycles. The minimum atomic E-state index is 0.196. The summed E-state index contributed by atoms with van der Waals surface area (Å²) in [5, 5.41) is 3.54. The van der Waals surface area contributed by atoms with Gasteiger partial charge in [-0.2, -0.15) is 0 Å². The van der Waals surface area contributed by atoms with Crippen molar-refractivity contribution in [3.05, 3.63) is 34.0 Å². The maximum Gasteiger partial charge on any atom is 0.0331 e. The number of hydrogen-bond donors (Lipinski definition) is 1. The SMILES string of the molecule is CC(C)(C)NCc1ccc(CN2CC=CCC2)s1. The third-order valence-electron chi connectivity index (χ3n) is 3.03. The van der Waals surface area contributed by atoms with Gasteiger partial charge in [0.1, 0.15) is 0 Å². The van der Waals surface area contributed by atoms with Crippen molar-refractivity contribution in [2.24, 2.45) is 0 Å². The standard InChI is InChI=1S/C15H24N2S/c1-15(2,3)16-11-13-7-8-14(18-13)12-17-9-5-4-6-10-17/h4-5,7-8,16H,6,9-12H2,1-3H3. The van der Waals surface area contributed by atoms with Gasteiger partial charge in [-0.15, -0.1) is 11.3 Å². The van der Waals surface area contributed by atoms with Crippen molar-refractivity contribution >= 4 is 11.3 Å². The first-order chi connectivity index (χ1) is 8.53. The molecule has 1 aliphatic rings. The van der Waals surface area contributed by atoms with Crippen molar-refractivity contribution in [1.29, 1.82) is 0 Å². The zero-order chi connectivity index (χ0) is 13.0. The van der Waals surface area contributed by atoms with Gasteiger partial charge in [-0.1, -0.05) is 12.2 Å². The van der Waals surface area contributed by atoms with E-state index >= 15 is 0 Å². The molecule has 0 bridgehead atoms. The second kappa shape index (κ2) is 6.00. The molecule has 0 spiro atoms. The summed E-state index contributed by atoms with van der Waals surface area (Å²) in [6.07, 6.45) is 5.76. The van der Waals surface area contributed by atoms with Gasteiger partial charge in [-0.25, -0.2) is 0 Å². The van der Waals surface area contributed by atoms with Crippen molar-refractivity contribution in [1.82, 2.24) is 10.2 Å². The minimum Gasteiger partial charge on any atom is -0.307 e. The van der Waals surface area contributed by atoms with Crippen LogP contribution in [0.2, 0.25) is 0 Å². The fraction of sp³-hybridized carbons (Fsp3) is 0.600. The Morgan fingerprint density at radius 1 is 1.22 bits per heavy atom. The van der Waals surface area contributed by atoms with E-state index in [1.807, 2.05) is 11.3 Å². The number of nitrogens with zero attached hydrogens (tertiary/aromatic N) is 1. The van der Waals surface area contributed by atoms with E-state index in [9.17, 15) is 0 Å². The molecule has 0 saturated heterocycles. The van der Waals surface area contributed by atoms with E-state index in [4.69, 9.17) is 0 Å². The number of hydrogen-bond acceptors (Lipinski definition) is 3. The first kappa shape index (κ1) is 13.8. The van der Waals surface area contributed by atoms with E-state index in [1.165, 1.54) is 22.7 Å². The highest BCUT2D eigenvalue weighted by molar-refractivity contribution is 7.11. The lowest BCUT2D eigenvalue weighted by atomic mass is 10.1. The van der Waals surface area contributed by atoms with Gasteiger partial charge in [-0.05, 0) is 39.3 Å². The van der Waals surface area contributed by atoms with E-state index in [-0.39, 0.29) is 5.54 Å². The molecular formula is C15H24N2S. The second-order valence-electron chi connectivity index (χ2n) is 5.97. The molecule has 3 heteroatoms. The molecular weight excluding hydrogens is 240 g/mol. The number of rotatable bonds is 4. The van der Waals surface area contributed by atoms with Crippen LogP contribution in [0.1, 0.15) is 36.9 Å². The van der Waals surface area contributed by atoms with Crippen LogP contribution >= 0.6 is 11.3 Å². The Morgan fingerprint density at radius 2 is 2.00 bits per heavy atom. The average molecular weight is 264 g/mol. The molecule has 0 radical (unpaired) electrons. The smallest absolute Gasteiger partial charge is 0.0331 e. The van der Waals surface area contributed by atoms with Crippen LogP contribution in [0.15, 0.2) is 24.3 Å². The summed E-state index contributed by atoms with van der Waals surface area (Å²) in [5.41, 5.74) is 0.196. The van der Waals surface area contributed by atoms with Crippen LogP contribution in [0.25, 0.3) is 0 Å². The van der Waals surface area contributed by atoms with Crippen LogP contribution in [0.4, 0.5) is 0 Å². The Balaban J connectivity index is 1.84. The molecule has 100 valence electrons. The Hall–Kier alpha value is -0.640. The average Bonchev–Trinajstić information content (AvgIpc) is 2.75. The van der Waals surface area contributed by atoms with Gasteiger partial charge < -0.3 is 5.32 Å². The van der Waals surface area contributed by atoms with Gasteiger partial charge in [0.15, 0.2) is 0 Å². The summed E-state index contributed by atoms with van der Waals surface area (Å²) in [4.78, 5) is 5.43. The molecule has 0 unspecified atom stereocenters. The van der Waals surface area contributed by atoms with E-state index in [1.54, 1.807) is 0 Å². The Labute approximate surface area is 115 Å². The zero-order valence-corrected chi connectivity index (χ0v) is 12.5. The predicted octanol–water partition coefficient (Wildman–Crippen LogP) is 3.40. The summed E-state index contributed by atoms with van der Waals surface area (Å²) in [6.45, 7) is 11.0. The molecule has 0 fully saturated rings. The van der Waals surface area contributed by atoms with Crippen LogP contribution in [0.3, 0.4) is 0 Å². The maximum atomic E-state index is 3.54. The molecule has 0 aromatic carbocycles. The third-order valence-corrected chi connectivity index (χ3v) is 4.10. The topological polar surface area (TPSA) is 15.3 Å². The summed E-state index contributed by atoms with van der Waals surface area (Å²) >= 11 is 1.94. The van der Waals surface area contributed by atoms with Crippen LogP contribution in [0, 0.1) is 0 Å². The number of thiophene rings is 1. The van der Waals surface area contributed by atoms with Gasteiger partial charge in [0.2, 0.25) is 0 Å². The fourth-order valence-electron chi connectivity index (χ4n) is 2.01. The lowest BCUT2D eigenvalue weighted by Gasteiger charge is -2.22. The highest BCUT2D eigenvalue weighted by Gasteiger charge is 2.11. The summed E-state index contributed by atoms with van der Waals surface area (Å²) in [6, 6.07) is 4.54. The van der Waals surface area contributed by atoms with Gasteiger partial charge >= 0.3 is 0 Å². The lowest BCUT2D eigenvalue weighted by molar-refractivity contribution is 0.293. The summed E-state index contributed by atoms with van der Waals surface area (Å²) in [5.74, 6) is 0. The summed E-state index contributed by atoms with van der Waals surface area (Å²) < 4.78 is 0. The van der Waals surface area contributed by atoms with Crippen molar-refractivity contribution in [2.45, 2.75) is 45.8 Å². The monoisotopic (exact) mass is 264 g/mol. The lowest BCUT2D eigenvalue weighted by Crippen LogP contribution is -2.34. The zero-order valence-electron chi connectivity index (χ0n) is 11.7. The molecule has 2 heterocycles. The first-order valence-corrected chi connectivity index (χ1v) is 7.54. The van der Waals surface area contributed by atoms with Crippen molar-refractivity contribution < 1.29 is 0 Å². The number of nitrogens with one attached hydrogen (secondary N) is 1.